The highest BCUT2D eigenvalue weighted by molar-refractivity contribution is 7.90. The molecule has 0 radical (unpaired) electrons. The lowest BCUT2D eigenvalue weighted by Crippen LogP contribution is -2.51. The molecule has 0 unspecified atom stereocenters. The van der Waals surface area contributed by atoms with Gasteiger partial charge in [-0.15, -0.1) is 0 Å². The van der Waals surface area contributed by atoms with Gasteiger partial charge in [0.2, 0.25) is 5.91 Å². The van der Waals surface area contributed by atoms with Crippen molar-refractivity contribution in [3.05, 3.63) is 59.8 Å². The number of alkyl halides is 6. The molecule has 18 heteroatoms. The number of aromatic nitrogens is 1. The van der Waals surface area contributed by atoms with E-state index in [1.54, 1.807) is 0 Å². The van der Waals surface area contributed by atoms with Gasteiger partial charge in [0.05, 0.1) is 5.92 Å². The number of carbonyl (C=O) groups excluding carboxylic acids is 1. The summed E-state index contributed by atoms with van der Waals surface area (Å²) in [5, 5.41) is 11.0. The maximum Gasteiger partial charge on any atom is 0.511 e. The van der Waals surface area contributed by atoms with Crippen LogP contribution in [-0.2, 0) is 26.2 Å². The number of nitrogens with one attached hydrogen (secondary N) is 1. The van der Waals surface area contributed by atoms with Crippen molar-refractivity contribution in [3.63, 3.8) is 0 Å². The number of thiocarbonyl (C=S) groups is 1. The number of rotatable bonds is 7. The molecule has 0 saturated carbocycles. The number of sulfonamides is 1. The Morgan fingerprint density at radius 1 is 1.04 bits per heavy atom. The molecule has 10 nitrogen and oxygen atoms in total. The number of hydrogen-bond acceptors (Lipinski definition) is 6. The van der Waals surface area contributed by atoms with Gasteiger partial charge in [-0.05, 0) is 43.1 Å². The maximum absolute atomic E-state index is 13.1. The average molecular weight is 708 g/mol. The topological polar surface area (TPSA) is 138 Å². The number of nitrogens with two attached hydrogens (primary N) is 1. The minimum Gasteiger partial charge on any atom is -0.475 e. The van der Waals surface area contributed by atoms with E-state index in [4.69, 9.17) is 27.9 Å². The molecule has 2 aliphatic rings. The summed E-state index contributed by atoms with van der Waals surface area (Å²) in [5.41, 5.74) is 4.74. The summed E-state index contributed by atoms with van der Waals surface area (Å²) >= 11 is 5.15. The van der Waals surface area contributed by atoms with Crippen LogP contribution in [0.4, 0.5) is 26.3 Å². The van der Waals surface area contributed by atoms with Crippen LogP contribution in [0.5, 0.6) is 0 Å². The zero-order chi connectivity index (χ0) is 34.9. The van der Waals surface area contributed by atoms with Crippen molar-refractivity contribution in [1.82, 2.24) is 19.1 Å². The first-order chi connectivity index (χ1) is 21.8. The number of hydrogen-bond donors (Lipinski definition) is 3. The van der Waals surface area contributed by atoms with E-state index in [9.17, 15) is 39.6 Å². The number of carbonyl (C=O) groups is 2. The van der Waals surface area contributed by atoms with Crippen LogP contribution in [0.15, 0.2) is 48.7 Å². The molecule has 2 saturated heterocycles. The van der Waals surface area contributed by atoms with Crippen LogP contribution in [0.1, 0.15) is 30.0 Å². The highest BCUT2D eigenvalue weighted by Crippen LogP contribution is 2.38. The van der Waals surface area contributed by atoms with Crippen molar-refractivity contribution in [3.8, 4) is 11.1 Å². The number of fused-ring (bicyclic) bond motifs is 1. The third-order valence-corrected chi connectivity index (χ3v) is 9.82. The van der Waals surface area contributed by atoms with Crippen LogP contribution in [0, 0.1) is 5.92 Å². The number of halogens is 6. The monoisotopic (exact) mass is 707 g/mol. The zero-order valence-electron chi connectivity index (χ0n) is 24.8. The van der Waals surface area contributed by atoms with Crippen LogP contribution in [0.25, 0.3) is 22.0 Å². The van der Waals surface area contributed by atoms with Gasteiger partial charge in [0.1, 0.15) is 4.99 Å². The molecule has 0 atom stereocenters. The van der Waals surface area contributed by atoms with Crippen molar-refractivity contribution in [2.75, 3.05) is 33.2 Å². The van der Waals surface area contributed by atoms with E-state index in [2.05, 4.69) is 10.2 Å². The zero-order valence-corrected chi connectivity index (χ0v) is 26.4. The number of likely N-dealkylation sites (tertiary alicyclic amines) is 1. The summed E-state index contributed by atoms with van der Waals surface area (Å²) < 4.78 is 97.5. The lowest BCUT2D eigenvalue weighted by molar-refractivity contribution is -0.192. The second kappa shape index (κ2) is 13.8. The van der Waals surface area contributed by atoms with Gasteiger partial charge >= 0.3 is 27.7 Å². The Labute approximate surface area is 271 Å². The first kappa shape index (κ1) is 36.1. The number of benzene rings is 2. The van der Waals surface area contributed by atoms with Gasteiger partial charge in [0.25, 0.3) is 0 Å². The molecule has 2 fully saturated rings. The quantitative estimate of drug-likeness (QED) is 0.245. The van der Waals surface area contributed by atoms with E-state index in [0.717, 1.165) is 40.7 Å². The number of nitrogens with zero attached hydrogens (tertiary/aromatic N) is 3. The fraction of sp³-hybridized carbons (Fsp3) is 0.414. The Balaban J connectivity index is 0.000000644. The van der Waals surface area contributed by atoms with Crippen molar-refractivity contribution in [2.45, 2.75) is 37.1 Å². The summed E-state index contributed by atoms with van der Waals surface area (Å²) in [6.45, 7) is 1.33. The van der Waals surface area contributed by atoms with Gasteiger partial charge in [0.15, 0.2) is 0 Å². The van der Waals surface area contributed by atoms with Crippen LogP contribution < -0.4 is 11.1 Å². The number of aliphatic carboxylic acids is 1. The third-order valence-electron chi connectivity index (χ3n) is 7.95. The van der Waals surface area contributed by atoms with Gasteiger partial charge in [-0.1, -0.05) is 42.5 Å². The highest BCUT2D eigenvalue weighted by atomic mass is 32.2. The standard InChI is InChI=1S/C27H30F3N5O3S2.C2HF3O2/c1-33-14-20(15-33)26(36)32-13-17-5-6-22-23(18-3-2-4-19(12-18)25(31)39)16-35(24(22)11-17)21-7-9-34(10-8-21)40(37,38)27(28,29)30;3-2(4,5)1(6)7/h2-6,11-12,16,20-21H,7-10,13-15H2,1H3,(H2,31,39)(H,32,36);(H,6,7). The predicted molar refractivity (Wildman–Crippen MR) is 165 cm³/mol. The molecule has 0 aliphatic carbocycles. The van der Waals surface area contributed by atoms with Gasteiger partial charge in [-0.25, -0.2) is 13.2 Å². The molecule has 1 amide bonds. The van der Waals surface area contributed by atoms with Gasteiger partial charge in [0, 0.05) is 67.0 Å². The molecule has 2 aromatic carbocycles. The first-order valence-electron chi connectivity index (χ1n) is 14.2. The second-order valence-corrected chi connectivity index (χ2v) is 13.6. The summed E-state index contributed by atoms with van der Waals surface area (Å²) in [7, 11) is -3.41. The van der Waals surface area contributed by atoms with Crippen LogP contribution in [0.3, 0.4) is 0 Å². The molecule has 0 spiro atoms. The molecule has 3 aromatic rings. The molecular weight excluding hydrogens is 676 g/mol. The largest absolute Gasteiger partial charge is 0.511 e. The van der Waals surface area contributed by atoms with Crippen molar-refractivity contribution in [1.29, 1.82) is 0 Å². The molecule has 0 bridgehead atoms. The first-order valence-corrected chi connectivity index (χ1v) is 16.0. The molecular formula is C29H31F6N5O5S2. The maximum atomic E-state index is 13.1. The fourth-order valence-corrected chi connectivity index (χ4v) is 6.60. The SMILES string of the molecule is CN1CC(C(=O)NCc2ccc3c(-c4cccc(C(N)=S)c4)cn(C4CCN(S(=O)(=O)C(F)(F)F)CC4)c3c2)C1.O=C(O)C(F)(F)F. The average Bonchev–Trinajstić information content (AvgIpc) is 3.36. The highest BCUT2D eigenvalue weighted by Gasteiger charge is 2.50. The summed E-state index contributed by atoms with van der Waals surface area (Å²) in [4.78, 5) is 23.7. The Kier molecular flexibility index (Phi) is 10.6. The Morgan fingerprint density at radius 2 is 1.66 bits per heavy atom. The van der Waals surface area contributed by atoms with Gasteiger partial charge < -0.3 is 25.6 Å². The second-order valence-electron chi connectivity index (χ2n) is 11.3. The molecule has 47 heavy (non-hydrogen) atoms. The molecule has 2 aliphatic heterocycles. The normalized spacial score (nSPS) is 17.1. The van der Waals surface area contributed by atoms with Crippen LogP contribution >= 0.6 is 12.2 Å². The van der Waals surface area contributed by atoms with Crippen molar-refractivity contribution in [2.24, 2.45) is 11.7 Å². The molecule has 4 N–H and O–H groups in total. The molecule has 3 heterocycles. The Hall–Kier alpha value is -3.74. The third kappa shape index (κ3) is 8.22. The van der Waals surface area contributed by atoms with Crippen molar-refractivity contribution >= 4 is 50.0 Å². The Bertz CT molecular complexity index is 1760. The van der Waals surface area contributed by atoms with E-state index in [1.165, 1.54) is 0 Å². The molecule has 1 aromatic heterocycles. The predicted octanol–water partition coefficient (Wildman–Crippen LogP) is 4.24. The lowest BCUT2D eigenvalue weighted by Gasteiger charge is -2.34. The number of carboxylic acids is 1. The summed E-state index contributed by atoms with van der Waals surface area (Å²) in [6.07, 6.45) is -2.68. The summed E-state index contributed by atoms with van der Waals surface area (Å²) in [5.74, 6) is -2.78. The van der Waals surface area contributed by atoms with Crippen molar-refractivity contribution < 1.29 is 49.5 Å². The Morgan fingerprint density at radius 3 is 2.19 bits per heavy atom. The fourth-order valence-electron chi connectivity index (χ4n) is 5.48. The van der Waals surface area contributed by atoms with Gasteiger partial charge in [-0.2, -0.15) is 30.6 Å². The summed E-state index contributed by atoms with van der Waals surface area (Å²) in [6, 6.07) is 13.2. The minimum atomic E-state index is -5.37. The smallest absolute Gasteiger partial charge is 0.475 e. The van der Waals surface area contributed by atoms with Gasteiger partial charge in [-0.3, -0.25) is 4.79 Å². The minimum absolute atomic E-state index is 0.00193. The molecule has 256 valence electrons. The van der Waals surface area contributed by atoms with Crippen LogP contribution in [0.2, 0.25) is 0 Å². The van der Waals surface area contributed by atoms with E-state index >= 15 is 0 Å². The number of amides is 1. The molecule has 5 rings (SSSR count). The van der Waals surface area contributed by atoms with Crippen LogP contribution in [-0.4, -0.2) is 89.1 Å². The lowest BCUT2D eigenvalue weighted by atomic mass is 10.00. The van der Waals surface area contributed by atoms with E-state index in [0.29, 0.717) is 16.4 Å². The van der Waals surface area contributed by atoms with E-state index in [1.807, 2.05) is 60.3 Å². The number of piperidine rings is 1. The van der Waals surface area contributed by atoms with E-state index in [-0.39, 0.29) is 48.8 Å². The van der Waals surface area contributed by atoms with E-state index < -0.39 is 27.7 Å². The number of carboxylic acid groups (broad SMARTS) is 1.